The lowest BCUT2D eigenvalue weighted by Gasteiger charge is -2.08. The van der Waals surface area contributed by atoms with Crippen LogP contribution < -0.4 is 5.32 Å². The van der Waals surface area contributed by atoms with Gasteiger partial charge in [-0.2, -0.15) is 0 Å². The first-order valence-corrected chi connectivity index (χ1v) is 10.2. The van der Waals surface area contributed by atoms with Gasteiger partial charge in [-0.25, -0.2) is 0 Å². The van der Waals surface area contributed by atoms with E-state index in [1.54, 1.807) is 18.2 Å². The van der Waals surface area contributed by atoms with Crippen molar-refractivity contribution in [1.29, 1.82) is 0 Å². The number of carbonyl (C=O) groups excluding carboxylic acids is 1. The van der Waals surface area contributed by atoms with Gasteiger partial charge in [-0.3, -0.25) is 4.79 Å². The summed E-state index contributed by atoms with van der Waals surface area (Å²) in [6, 6.07) is 17.4. The van der Waals surface area contributed by atoms with E-state index in [1.165, 1.54) is 17.3 Å². The highest BCUT2D eigenvalue weighted by atomic mass is 35.5. The van der Waals surface area contributed by atoms with E-state index in [0.717, 1.165) is 30.4 Å². The van der Waals surface area contributed by atoms with Crippen LogP contribution in [-0.2, 0) is 24.2 Å². The molecule has 0 radical (unpaired) electrons. The second-order valence-corrected chi connectivity index (χ2v) is 7.35. The molecule has 1 N–H and O–H groups in total. The molecule has 0 bridgehead atoms. The number of benzene rings is 2. The lowest BCUT2D eigenvalue weighted by atomic mass is 10.1. The zero-order valence-electron chi connectivity index (χ0n) is 15.1. The maximum Gasteiger partial charge on any atom is 0.234 e. The molecular weight excluding hydrogens is 380 g/mol. The van der Waals surface area contributed by atoms with Gasteiger partial charge in [-0.15, -0.1) is 10.2 Å². The van der Waals surface area contributed by atoms with Crippen LogP contribution in [0.2, 0.25) is 5.02 Å². The summed E-state index contributed by atoms with van der Waals surface area (Å²) in [5.74, 6) is 1.11. The Hall–Kier alpha value is -2.31. The van der Waals surface area contributed by atoms with Crippen molar-refractivity contribution in [2.45, 2.75) is 31.5 Å². The Balaban J connectivity index is 1.57. The normalized spacial score (nSPS) is 10.7. The molecule has 0 atom stereocenters. The molecule has 3 rings (SSSR count). The minimum Gasteiger partial charge on any atom is -0.325 e. The van der Waals surface area contributed by atoms with Gasteiger partial charge < -0.3 is 9.88 Å². The van der Waals surface area contributed by atoms with Crippen molar-refractivity contribution in [2.24, 2.45) is 0 Å². The fourth-order valence-corrected chi connectivity index (χ4v) is 3.73. The molecule has 1 amide bonds. The lowest BCUT2D eigenvalue weighted by Crippen LogP contribution is -2.14. The van der Waals surface area contributed by atoms with Gasteiger partial charge in [0.2, 0.25) is 5.91 Å². The molecule has 7 heteroatoms. The number of amides is 1. The monoisotopic (exact) mass is 400 g/mol. The minimum absolute atomic E-state index is 0.0984. The summed E-state index contributed by atoms with van der Waals surface area (Å²) in [5, 5.41) is 12.8. The third-order valence-corrected chi connectivity index (χ3v) is 5.23. The highest BCUT2D eigenvalue weighted by molar-refractivity contribution is 7.99. The van der Waals surface area contributed by atoms with Crippen molar-refractivity contribution in [2.75, 3.05) is 11.1 Å². The average Bonchev–Trinajstić information content (AvgIpc) is 3.07. The van der Waals surface area contributed by atoms with E-state index in [-0.39, 0.29) is 11.7 Å². The van der Waals surface area contributed by atoms with Crippen LogP contribution in [0.5, 0.6) is 0 Å². The summed E-state index contributed by atoms with van der Waals surface area (Å²) in [7, 11) is 0. The number of nitrogens with one attached hydrogen (secondary N) is 1. The van der Waals surface area contributed by atoms with Crippen LogP contribution in [0.3, 0.4) is 0 Å². The first kappa shape index (κ1) is 19.5. The third kappa shape index (κ3) is 5.58. The van der Waals surface area contributed by atoms with E-state index < -0.39 is 0 Å². The molecule has 5 nitrogen and oxygen atoms in total. The fourth-order valence-electron chi connectivity index (χ4n) is 2.72. The van der Waals surface area contributed by atoms with Crippen molar-refractivity contribution in [3.8, 4) is 0 Å². The predicted octanol–water partition coefficient (Wildman–Crippen LogP) is 4.47. The highest BCUT2D eigenvalue weighted by Crippen LogP contribution is 2.19. The second-order valence-electron chi connectivity index (χ2n) is 5.98. The van der Waals surface area contributed by atoms with Crippen LogP contribution in [0.4, 0.5) is 5.69 Å². The van der Waals surface area contributed by atoms with Crippen molar-refractivity contribution in [1.82, 2.24) is 14.8 Å². The van der Waals surface area contributed by atoms with Crippen LogP contribution in [-0.4, -0.2) is 26.4 Å². The molecule has 0 saturated carbocycles. The zero-order valence-corrected chi connectivity index (χ0v) is 16.6. The largest absolute Gasteiger partial charge is 0.325 e. The van der Waals surface area contributed by atoms with Gasteiger partial charge in [0.15, 0.2) is 5.16 Å². The molecule has 1 aromatic heterocycles. The molecule has 0 aliphatic rings. The number of anilines is 1. The Kier molecular flexibility index (Phi) is 6.90. The maximum atomic E-state index is 12.2. The number of halogens is 1. The van der Waals surface area contributed by atoms with Crippen LogP contribution >= 0.6 is 23.4 Å². The Morgan fingerprint density at radius 2 is 1.93 bits per heavy atom. The summed E-state index contributed by atoms with van der Waals surface area (Å²) < 4.78 is 2.07. The number of aromatic nitrogens is 3. The van der Waals surface area contributed by atoms with E-state index in [0.29, 0.717) is 10.7 Å². The summed E-state index contributed by atoms with van der Waals surface area (Å²) in [5.41, 5.74) is 1.96. The first-order chi connectivity index (χ1) is 13.2. The van der Waals surface area contributed by atoms with Crippen LogP contribution in [0.25, 0.3) is 0 Å². The molecule has 27 heavy (non-hydrogen) atoms. The molecule has 1 heterocycles. The summed E-state index contributed by atoms with van der Waals surface area (Å²) in [6.45, 7) is 2.83. The summed E-state index contributed by atoms with van der Waals surface area (Å²) in [4.78, 5) is 12.2. The van der Waals surface area contributed by atoms with Crippen LogP contribution in [0.15, 0.2) is 59.8 Å². The van der Waals surface area contributed by atoms with E-state index in [9.17, 15) is 4.79 Å². The number of rotatable bonds is 8. The molecule has 0 aliphatic carbocycles. The van der Waals surface area contributed by atoms with Crippen molar-refractivity contribution in [3.05, 3.63) is 71.0 Å². The third-order valence-electron chi connectivity index (χ3n) is 4.03. The van der Waals surface area contributed by atoms with Gasteiger partial charge in [0.25, 0.3) is 0 Å². The van der Waals surface area contributed by atoms with E-state index in [2.05, 4.69) is 39.1 Å². The smallest absolute Gasteiger partial charge is 0.234 e. The van der Waals surface area contributed by atoms with Crippen LogP contribution in [0, 0.1) is 0 Å². The van der Waals surface area contributed by atoms with Gasteiger partial charge >= 0.3 is 0 Å². The van der Waals surface area contributed by atoms with Crippen molar-refractivity contribution in [3.63, 3.8) is 0 Å². The molecule has 2 aromatic carbocycles. The fraction of sp³-hybridized carbons (Fsp3) is 0.250. The topological polar surface area (TPSA) is 59.8 Å². The molecule has 0 aliphatic heterocycles. The maximum absolute atomic E-state index is 12.2. The Labute approximate surface area is 168 Å². The highest BCUT2D eigenvalue weighted by Gasteiger charge is 2.13. The number of hydrogen-bond acceptors (Lipinski definition) is 4. The van der Waals surface area contributed by atoms with E-state index >= 15 is 0 Å². The minimum atomic E-state index is -0.0984. The average molecular weight is 401 g/mol. The predicted molar refractivity (Wildman–Crippen MR) is 110 cm³/mol. The van der Waals surface area contributed by atoms with E-state index in [4.69, 9.17) is 11.6 Å². The Bertz CT molecular complexity index is 898. The molecular formula is C20H21ClN4OS. The molecule has 3 aromatic rings. The number of aryl methyl sites for hydroxylation is 2. The first-order valence-electron chi connectivity index (χ1n) is 8.80. The zero-order chi connectivity index (χ0) is 19.1. The molecule has 0 spiro atoms. The van der Waals surface area contributed by atoms with Crippen molar-refractivity contribution < 1.29 is 4.79 Å². The quantitative estimate of drug-likeness (QED) is 0.567. The van der Waals surface area contributed by atoms with Gasteiger partial charge in [0.1, 0.15) is 5.82 Å². The lowest BCUT2D eigenvalue weighted by molar-refractivity contribution is -0.113. The molecule has 140 valence electrons. The standard InChI is InChI=1S/C20H21ClN4OS/c1-2-25-18(12-11-15-7-4-3-5-8-15)23-24-20(25)27-14-19(26)22-17-10-6-9-16(21)13-17/h3-10,13H,2,11-12,14H2,1H3,(H,22,26). The summed E-state index contributed by atoms with van der Waals surface area (Å²) >= 11 is 7.33. The van der Waals surface area contributed by atoms with E-state index in [1.807, 2.05) is 24.3 Å². The van der Waals surface area contributed by atoms with Gasteiger partial charge in [0, 0.05) is 23.7 Å². The SMILES string of the molecule is CCn1c(CCc2ccccc2)nnc1SCC(=O)Nc1cccc(Cl)c1. The molecule has 0 fully saturated rings. The summed E-state index contributed by atoms with van der Waals surface area (Å²) in [6.07, 6.45) is 1.74. The van der Waals surface area contributed by atoms with Gasteiger partial charge in [-0.05, 0) is 37.1 Å². The van der Waals surface area contributed by atoms with Gasteiger partial charge in [0.05, 0.1) is 5.75 Å². The van der Waals surface area contributed by atoms with Crippen molar-refractivity contribution >= 4 is 35.0 Å². The second kappa shape index (κ2) is 9.58. The van der Waals surface area contributed by atoms with Crippen LogP contribution in [0.1, 0.15) is 18.3 Å². The van der Waals surface area contributed by atoms with Gasteiger partial charge in [-0.1, -0.05) is 59.8 Å². The Morgan fingerprint density at radius 3 is 2.67 bits per heavy atom. The number of hydrogen-bond donors (Lipinski definition) is 1. The number of nitrogens with zero attached hydrogens (tertiary/aromatic N) is 3. The molecule has 0 unspecified atom stereocenters. The Morgan fingerprint density at radius 1 is 1.11 bits per heavy atom. The number of thioether (sulfide) groups is 1. The molecule has 0 saturated heterocycles. The number of carbonyl (C=O) groups is 1.